The number of ether oxygens (including phenoxy) is 1. The highest BCUT2D eigenvalue weighted by Gasteiger charge is 2.39. The normalized spacial score (nSPS) is 21.0. The van der Waals surface area contributed by atoms with Gasteiger partial charge in [-0.1, -0.05) is 48.6 Å². The summed E-state index contributed by atoms with van der Waals surface area (Å²) in [6.07, 6.45) is 5.44. The number of fused-ring (bicyclic) bond motifs is 3. The van der Waals surface area contributed by atoms with Gasteiger partial charge in [-0.15, -0.1) is 0 Å². The first-order valence-electron chi connectivity index (χ1n) is 10.3. The molecule has 0 saturated heterocycles. The smallest absolute Gasteiger partial charge is 0.407 e. The van der Waals surface area contributed by atoms with Crippen LogP contribution in [0.15, 0.2) is 48.6 Å². The molecule has 0 aromatic heterocycles. The molecule has 2 N–H and O–H groups in total. The zero-order chi connectivity index (χ0) is 24.6. The maximum atomic E-state index is 13.9. The lowest BCUT2D eigenvalue weighted by molar-refractivity contribution is -0.139. The molecule has 0 radical (unpaired) electrons. The van der Waals surface area contributed by atoms with Gasteiger partial charge in [-0.25, -0.2) is 31.5 Å². The largest absolute Gasteiger partial charge is 0.480 e. The summed E-state index contributed by atoms with van der Waals surface area (Å²) in [7, 11) is 0. The number of carbonyl (C=O) groups is 2. The zero-order valence-electron chi connectivity index (χ0n) is 17.4. The van der Waals surface area contributed by atoms with E-state index in [9.17, 15) is 36.6 Å². The third-order valence-electron chi connectivity index (χ3n) is 6.09. The fraction of sp³-hybridized carbons (Fsp3) is 0.250. The van der Waals surface area contributed by atoms with Crippen molar-refractivity contribution < 1.29 is 41.4 Å². The van der Waals surface area contributed by atoms with Gasteiger partial charge in [0.15, 0.2) is 23.3 Å². The van der Waals surface area contributed by atoms with E-state index in [0.29, 0.717) is 0 Å². The van der Waals surface area contributed by atoms with Crippen LogP contribution in [-0.4, -0.2) is 29.8 Å². The predicted molar refractivity (Wildman–Crippen MR) is 110 cm³/mol. The molecule has 1 amide bonds. The molecule has 178 valence electrons. The van der Waals surface area contributed by atoms with Gasteiger partial charge in [0, 0.05) is 23.8 Å². The number of carboxylic acid groups (broad SMARTS) is 1. The van der Waals surface area contributed by atoms with Gasteiger partial charge in [0.05, 0.1) is 0 Å². The van der Waals surface area contributed by atoms with Crippen LogP contribution in [0, 0.1) is 35.0 Å². The van der Waals surface area contributed by atoms with E-state index in [0.717, 1.165) is 11.1 Å². The Morgan fingerprint density at radius 3 is 2.15 bits per heavy atom. The van der Waals surface area contributed by atoms with Crippen molar-refractivity contribution in [1.82, 2.24) is 5.32 Å². The van der Waals surface area contributed by atoms with E-state index in [4.69, 9.17) is 4.74 Å². The maximum Gasteiger partial charge on any atom is 0.407 e. The quantitative estimate of drug-likeness (QED) is 0.357. The molecule has 4 unspecified atom stereocenters. The average molecular weight is 479 g/mol. The van der Waals surface area contributed by atoms with Gasteiger partial charge in [0.25, 0.3) is 0 Å². The number of halogens is 5. The molecule has 2 aromatic rings. The van der Waals surface area contributed by atoms with Crippen LogP contribution in [0.1, 0.15) is 28.5 Å². The van der Waals surface area contributed by atoms with Gasteiger partial charge < -0.3 is 15.2 Å². The second-order valence-corrected chi connectivity index (χ2v) is 7.99. The van der Waals surface area contributed by atoms with Crippen molar-refractivity contribution in [3.8, 4) is 0 Å². The van der Waals surface area contributed by atoms with Crippen LogP contribution >= 0.6 is 0 Å². The number of benzene rings is 2. The van der Waals surface area contributed by atoms with E-state index < -0.39 is 59.2 Å². The number of aliphatic carboxylic acids is 1. The summed E-state index contributed by atoms with van der Waals surface area (Å²) >= 11 is 0. The molecule has 0 aliphatic heterocycles. The Bertz CT molecular complexity index is 1180. The third-order valence-corrected chi connectivity index (χ3v) is 6.09. The number of hydrogen-bond donors (Lipinski definition) is 2. The highest BCUT2D eigenvalue weighted by molar-refractivity contribution is 5.80. The van der Waals surface area contributed by atoms with Crippen LogP contribution in [-0.2, 0) is 16.0 Å². The number of rotatable bonds is 6. The summed E-state index contributed by atoms with van der Waals surface area (Å²) in [4.78, 5) is 23.8. The van der Waals surface area contributed by atoms with Crippen molar-refractivity contribution >= 4 is 12.1 Å². The molecule has 0 spiro atoms. The Morgan fingerprint density at radius 1 is 0.912 bits per heavy atom. The number of hydrogen-bond acceptors (Lipinski definition) is 3. The van der Waals surface area contributed by atoms with Gasteiger partial charge in [0.2, 0.25) is 5.82 Å². The lowest BCUT2D eigenvalue weighted by atomic mass is 9.84. The summed E-state index contributed by atoms with van der Waals surface area (Å²) in [5, 5.41) is 11.3. The van der Waals surface area contributed by atoms with Crippen LogP contribution in [0.3, 0.4) is 0 Å². The number of allylic oxidation sites excluding steroid dienone is 4. The second-order valence-electron chi connectivity index (χ2n) is 7.99. The Labute approximate surface area is 190 Å². The number of nitrogens with one attached hydrogen (secondary N) is 1. The SMILES string of the molecule is O=C(NC(Cc1c(F)c(F)c(F)c(F)c1F)C(=O)O)OCC1c2ccccc2C2C=CC=CC21. The first-order valence-corrected chi connectivity index (χ1v) is 10.3. The molecule has 10 heteroatoms. The standard InChI is InChI=1S/C24H18F5NO4/c25-18-15(19(26)21(28)22(29)20(18)27)9-17(23(31)32)30-24(33)34-10-16-13-7-3-1-5-11(13)12-6-2-4-8-14(12)16/h1-8,11,13,16-17H,9-10H2,(H,30,33)(H,31,32). The van der Waals surface area contributed by atoms with Crippen LogP contribution in [0.25, 0.3) is 0 Å². The first kappa shape index (κ1) is 23.5. The Hall–Kier alpha value is -3.69. The van der Waals surface area contributed by atoms with Crippen molar-refractivity contribution in [2.24, 2.45) is 5.92 Å². The molecule has 34 heavy (non-hydrogen) atoms. The van der Waals surface area contributed by atoms with Gasteiger partial charge in [-0.3, -0.25) is 0 Å². The molecule has 0 heterocycles. The maximum absolute atomic E-state index is 13.9. The Morgan fingerprint density at radius 2 is 1.50 bits per heavy atom. The molecule has 0 fully saturated rings. The van der Waals surface area contributed by atoms with Gasteiger partial charge >= 0.3 is 12.1 Å². The summed E-state index contributed by atoms with van der Waals surface area (Å²) < 4.78 is 73.2. The van der Waals surface area contributed by atoms with E-state index in [2.05, 4.69) is 0 Å². The minimum absolute atomic E-state index is 0.0128. The van der Waals surface area contributed by atoms with E-state index in [-0.39, 0.29) is 24.4 Å². The average Bonchev–Trinajstić information content (AvgIpc) is 3.15. The van der Waals surface area contributed by atoms with E-state index in [1.807, 2.05) is 53.9 Å². The lowest BCUT2D eigenvalue weighted by Gasteiger charge is -2.23. The molecule has 0 saturated carbocycles. The molecule has 0 bridgehead atoms. The summed E-state index contributed by atoms with van der Waals surface area (Å²) in [6.45, 7) is -0.114. The molecule has 2 aromatic carbocycles. The lowest BCUT2D eigenvalue weighted by Crippen LogP contribution is -2.43. The van der Waals surface area contributed by atoms with Crippen molar-refractivity contribution in [3.05, 3.63) is 94.3 Å². The molecule has 4 rings (SSSR count). The van der Waals surface area contributed by atoms with Crippen molar-refractivity contribution in [2.75, 3.05) is 6.61 Å². The minimum atomic E-state index is -2.36. The number of amides is 1. The molecule has 4 atom stereocenters. The van der Waals surface area contributed by atoms with Crippen LogP contribution in [0.4, 0.5) is 26.7 Å². The molecular weight excluding hydrogens is 461 g/mol. The highest BCUT2D eigenvalue weighted by Crippen LogP contribution is 2.49. The van der Waals surface area contributed by atoms with Crippen LogP contribution in [0.2, 0.25) is 0 Å². The van der Waals surface area contributed by atoms with Crippen molar-refractivity contribution in [3.63, 3.8) is 0 Å². The van der Waals surface area contributed by atoms with Crippen molar-refractivity contribution in [1.29, 1.82) is 0 Å². The Balaban J connectivity index is 1.47. The number of carbonyl (C=O) groups excluding carboxylic acids is 1. The second kappa shape index (κ2) is 9.28. The third kappa shape index (κ3) is 4.15. The molecule has 2 aliphatic carbocycles. The predicted octanol–water partition coefficient (Wildman–Crippen LogP) is 4.73. The molecular formula is C24H18F5NO4. The molecule has 2 aliphatic rings. The highest BCUT2D eigenvalue weighted by atomic mass is 19.2. The Kier molecular flexibility index (Phi) is 6.41. The molecule has 5 nitrogen and oxygen atoms in total. The van der Waals surface area contributed by atoms with Gasteiger partial charge in [0.1, 0.15) is 12.6 Å². The van der Waals surface area contributed by atoms with E-state index >= 15 is 0 Å². The van der Waals surface area contributed by atoms with Gasteiger partial charge in [-0.2, -0.15) is 0 Å². The van der Waals surface area contributed by atoms with Crippen molar-refractivity contribution in [2.45, 2.75) is 24.3 Å². The van der Waals surface area contributed by atoms with E-state index in [1.54, 1.807) is 0 Å². The fourth-order valence-electron chi connectivity index (χ4n) is 4.46. The number of carboxylic acids is 1. The number of alkyl carbamates (subject to hydrolysis) is 1. The fourth-order valence-corrected chi connectivity index (χ4v) is 4.46. The topological polar surface area (TPSA) is 75.6 Å². The van der Waals surface area contributed by atoms with Gasteiger partial charge in [-0.05, 0) is 17.0 Å². The summed E-state index contributed by atoms with van der Waals surface area (Å²) in [5.74, 6) is -12.9. The minimum Gasteiger partial charge on any atom is -0.480 e. The van der Waals surface area contributed by atoms with E-state index in [1.165, 1.54) is 0 Å². The van der Waals surface area contributed by atoms with Crippen LogP contribution < -0.4 is 5.32 Å². The monoisotopic (exact) mass is 479 g/mol. The van der Waals surface area contributed by atoms with Crippen LogP contribution in [0.5, 0.6) is 0 Å². The zero-order valence-corrected chi connectivity index (χ0v) is 17.4. The summed E-state index contributed by atoms with van der Waals surface area (Å²) in [6, 6.07) is 5.63. The summed E-state index contributed by atoms with van der Waals surface area (Å²) in [5.41, 5.74) is 0.699. The first-order chi connectivity index (χ1) is 16.2.